The summed E-state index contributed by atoms with van der Waals surface area (Å²) in [5.74, 6) is 7.59. The highest BCUT2D eigenvalue weighted by Gasteiger charge is 2.50. The summed E-state index contributed by atoms with van der Waals surface area (Å²) in [6, 6.07) is 0. The maximum Gasteiger partial charge on any atom is 0.239 e. The molecular weight excluding hydrogens is 248 g/mol. The van der Waals surface area contributed by atoms with Crippen molar-refractivity contribution in [2.24, 2.45) is 35.5 Å². The maximum absolute atomic E-state index is 5.76. The van der Waals surface area contributed by atoms with Gasteiger partial charge in [0, 0.05) is 13.0 Å². The molecule has 4 fully saturated rings. The average Bonchev–Trinajstić information content (AvgIpc) is 2.76. The largest absolute Gasteiger partial charge is 0.366 e. The van der Waals surface area contributed by atoms with Crippen LogP contribution in [0, 0.1) is 35.5 Å². The first-order valence-electron chi connectivity index (χ1n) is 8.45. The second kappa shape index (κ2) is 3.99. The standard InChI is InChI=1S/C16H24N4/c17-16-18-14-2-1-11(8-20(14)19-16)15-12-4-9-3-10(6-12)7-13(15)5-9/h9-13,15H,1-8H2,(H2,17,19). The number of aryl methyl sites for hydroxylation is 1. The summed E-state index contributed by atoms with van der Waals surface area (Å²) >= 11 is 0. The van der Waals surface area contributed by atoms with Crippen LogP contribution in [0.5, 0.6) is 0 Å². The van der Waals surface area contributed by atoms with Crippen molar-refractivity contribution < 1.29 is 0 Å². The second-order valence-electron chi connectivity index (χ2n) is 7.88. The van der Waals surface area contributed by atoms with Crippen LogP contribution < -0.4 is 5.73 Å². The Kier molecular flexibility index (Phi) is 2.31. The highest BCUT2D eigenvalue weighted by molar-refractivity contribution is 5.15. The van der Waals surface area contributed by atoms with Gasteiger partial charge in [0.05, 0.1) is 0 Å². The first kappa shape index (κ1) is 11.6. The first-order chi connectivity index (χ1) is 9.76. The van der Waals surface area contributed by atoms with Gasteiger partial charge in [0.2, 0.25) is 5.95 Å². The molecule has 108 valence electrons. The number of nitrogens with zero attached hydrogens (tertiary/aromatic N) is 3. The molecule has 1 aromatic heterocycles. The lowest BCUT2D eigenvalue weighted by Gasteiger charge is -2.57. The molecule has 0 aromatic carbocycles. The summed E-state index contributed by atoms with van der Waals surface area (Å²) < 4.78 is 2.11. The fourth-order valence-electron chi connectivity index (χ4n) is 6.40. The van der Waals surface area contributed by atoms with Gasteiger partial charge in [-0.3, -0.25) is 0 Å². The number of nitrogens with two attached hydrogens (primary N) is 1. The van der Waals surface area contributed by atoms with Gasteiger partial charge in [-0.1, -0.05) is 0 Å². The van der Waals surface area contributed by atoms with Gasteiger partial charge in [-0.05, 0) is 74.0 Å². The smallest absolute Gasteiger partial charge is 0.239 e. The lowest BCUT2D eigenvalue weighted by Crippen LogP contribution is -2.49. The third-order valence-electron chi connectivity index (χ3n) is 6.75. The Morgan fingerprint density at radius 3 is 2.35 bits per heavy atom. The molecule has 2 heterocycles. The summed E-state index contributed by atoms with van der Waals surface area (Å²) in [7, 11) is 0. The minimum Gasteiger partial charge on any atom is -0.366 e. The molecule has 1 aromatic rings. The van der Waals surface area contributed by atoms with Gasteiger partial charge in [-0.2, -0.15) is 4.98 Å². The zero-order valence-electron chi connectivity index (χ0n) is 12.0. The summed E-state index contributed by atoms with van der Waals surface area (Å²) in [4.78, 5) is 4.35. The fourth-order valence-corrected chi connectivity index (χ4v) is 6.40. The van der Waals surface area contributed by atoms with Crippen LogP contribution >= 0.6 is 0 Å². The Morgan fingerprint density at radius 2 is 1.65 bits per heavy atom. The van der Waals surface area contributed by atoms with Crippen LogP contribution in [0.4, 0.5) is 5.95 Å². The maximum atomic E-state index is 5.76. The van der Waals surface area contributed by atoms with Crippen LogP contribution in [0.2, 0.25) is 0 Å². The highest BCUT2D eigenvalue weighted by atomic mass is 15.4. The predicted octanol–water partition coefficient (Wildman–Crippen LogP) is 2.50. The third-order valence-corrected chi connectivity index (χ3v) is 6.75. The summed E-state index contributed by atoms with van der Waals surface area (Å²) in [5, 5.41) is 4.40. The molecule has 4 nitrogen and oxygen atoms in total. The molecule has 1 aliphatic heterocycles. The molecule has 0 saturated heterocycles. The van der Waals surface area contributed by atoms with Crippen LogP contribution in [0.15, 0.2) is 0 Å². The normalized spacial score (nSPS) is 45.6. The minimum absolute atomic E-state index is 0.464. The zero-order chi connectivity index (χ0) is 13.3. The predicted molar refractivity (Wildman–Crippen MR) is 76.8 cm³/mol. The Labute approximate surface area is 120 Å². The Bertz CT molecular complexity index is 507. The molecule has 4 aliphatic carbocycles. The van der Waals surface area contributed by atoms with E-state index in [0.717, 1.165) is 54.3 Å². The van der Waals surface area contributed by atoms with Crippen LogP contribution in [0.1, 0.15) is 44.3 Å². The van der Waals surface area contributed by atoms with Crippen LogP contribution in [-0.4, -0.2) is 14.8 Å². The zero-order valence-corrected chi connectivity index (χ0v) is 12.0. The molecule has 1 atom stereocenters. The monoisotopic (exact) mass is 272 g/mol. The van der Waals surface area contributed by atoms with Crippen molar-refractivity contribution >= 4 is 5.95 Å². The van der Waals surface area contributed by atoms with E-state index < -0.39 is 0 Å². The summed E-state index contributed by atoms with van der Waals surface area (Å²) in [6.07, 6.45) is 10.1. The number of hydrogen-bond acceptors (Lipinski definition) is 3. The van der Waals surface area contributed by atoms with Crippen molar-refractivity contribution in [1.29, 1.82) is 0 Å². The van der Waals surface area contributed by atoms with Gasteiger partial charge in [0.15, 0.2) is 0 Å². The quantitative estimate of drug-likeness (QED) is 0.854. The topological polar surface area (TPSA) is 56.7 Å². The van der Waals surface area contributed by atoms with Crippen LogP contribution in [0.3, 0.4) is 0 Å². The van der Waals surface area contributed by atoms with Crippen molar-refractivity contribution in [2.75, 3.05) is 5.73 Å². The van der Waals surface area contributed by atoms with Crippen LogP contribution in [-0.2, 0) is 13.0 Å². The SMILES string of the molecule is Nc1nc2n(n1)CC(C1C3CC4CC(C3)CC1C4)CC2. The third kappa shape index (κ3) is 1.60. The van der Waals surface area contributed by atoms with E-state index in [1.165, 1.54) is 32.1 Å². The van der Waals surface area contributed by atoms with Crippen molar-refractivity contribution in [3.05, 3.63) is 5.82 Å². The molecule has 4 bridgehead atoms. The van der Waals surface area contributed by atoms with E-state index in [1.54, 1.807) is 6.42 Å². The molecule has 0 amide bonds. The van der Waals surface area contributed by atoms with Crippen molar-refractivity contribution in [2.45, 2.75) is 51.5 Å². The van der Waals surface area contributed by atoms with Crippen molar-refractivity contribution in [3.63, 3.8) is 0 Å². The number of anilines is 1. The lowest BCUT2D eigenvalue weighted by molar-refractivity contribution is -0.0688. The number of rotatable bonds is 1. The summed E-state index contributed by atoms with van der Waals surface area (Å²) in [6.45, 7) is 1.08. The summed E-state index contributed by atoms with van der Waals surface area (Å²) in [5.41, 5.74) is 5.76. The molecule has 5 aliphatic rings. The van der Waals surface area contributed by atoms with E-state index in [2.05, 4.69) is 14.8 Å². The average molecular weight is 272 g/mol. The van der Waals surface area contributed by atoms with Gasteiger partial charge in [0.25, 0.3) is 0 Å². The Hall–Kier alpha value is -1.06. The van der Waals surface area contributed by atoms with Gasteiger partial charge >= 0.3 is 0 Å². The molecule has 20 heavy (non-hydrogen) atoms. The van der Waals surface area contributed by atoms with E-state index in [9.17, 15) is 0 Å². The molecular formula is C16H24N4. The van der Waals surface area contributed by atoms with Gasteiger partial charge < -0.3 is 5.73 Å². The number of fused-ring (bicyclic) bond motifs is 1. The number of aromatic nitrogens is 3. The first-order valence-corrected chi connectivity index (χ1v) is 8.45. The van der Waals surface area contributed by atoms with Crippen molar-refractivity contribution in [1.82, 2.24) is 14.8 Å². The van der Waals surface area contributed by atoms with E-state index >= 15 is 0 Å². The van der Waals surface area contributed by atoms with Crippen molar-refractivity contribution in [3.8, 4) is 0 Å². The fraction of sp³-hybridized carbons (Fsp3) is 0.875. The number of nitrogen functional groups attached to an aromatic ring is 1. The Balaban J connectivity index is 1.41. The Morgan fingerprint density at radius 1 is 0.950 bits per heavy atom. The minimum atomic E-state index is 0.464. The molecule has 1 unspecified atom stereocenters. The molecule has 6 rings (SSSR count). The molecule has 4 saturated carbocycles. The molecule has 4 heteroatoms. The number of hydrogen-bond donors (Lipinski definition) is 1. The van der Waals surface area contributed by atoms with Crippen LogP contribution in [0.25, 0.3) is 0 Å². The van der Waals surface area contributed by atoms with E-state index in [1.807, 2.05) is 0 Å². The van der Waals surface area contributed by atoms with E-state index in [4.69, 9.17) is 5.73 Å². The van der Waals surface area contributed by atoms with Gasteiger partial charge in [0.1, 0.15) is 5.82 Å². The molecule has 0 spiro atoms. The van der Waals surface area contributed by atoms with E-state index in [-0.39, 0.29) is 0 Å². The second-order valence-corrected chi connectivity index (χ2v) is 7.88. The van der Waals surface area contributed by atoms with Gasteiger partial charge in [-0.25, -0.2) is 4.68 Å². The molecule has 2 N–H and O–H groups in total. The molecule has 0 radical (unpaired) electrons. The van der Waals surface area contributed by atoms with E-state index in [0.29, 0.717) is 5.95 Å². The van der Waals surface area contributed by atoms with Gasteiger partial charge in [-0.15, -0.1) is 5.10 Å². The lowest BCUT2D eigenvalue weighted by atomic mass is 9.49. The highest BCUT2D eigenvalue weighted by Crippen LogP contribution is 2.59.